The first-order valence-electron chi connectivity index (χ1n) is 44.0. The molecule has 8 aromatic rings. The Morgan fingerprint density at radius 3 is 0.849 bits per heavy atom. The van der Waals surface area contributed by atoms with Gasteiger partial charge >= 0.3 is 6.18 Å². The first-order valence-corrected chi connectivity index (χ1v) is 47.5. The normalized spacial score (nSPS) is 16.4. The SMILES string of the molecule is CC[C@H](CC(=O)CNC(=O)c1cc(O)cc(NC2=NCC(O)CN2)c1)c1cc(Br)cc(Br)c1.CC[C@H](CC(=O)CNC(=O)c1cc(O)cc(NC2=NCC(O)CN2)c1)c1cc(Br)cc(C(F)(F)F)c1.CC[C@H](CC(=O)CNC(=O)c1cc(O)cc(NC2=NCC(O)CN2)c1)c1cc(Br)cc(C(F)F)c1.CC[C@H](CC(=O)CNC(=O)c1cc(O)cc(NC2=NCC(O)CN2)c1)c1cc(Cl)cc(C(F)F)c1. The Morgan fingerprint density at radius 2 is 0.590 bits per heavy atom. The number of rotatable bonds is 34. The summed E-state index contributed by atoms with van der Waals surface area (Å²) in [5.74, 6) is -3.14. The predicted octanol–water partition coefficient (Wildman–Crippen LogP) is 14.6. The minimum absolute atomic E-state index is 0.0436. The Hall–Kier alpha value is -11.8. The second kappa shape index (κ2) is 53.5. The molecule has 0 bridgehead atoms. The van der Waals surface area contributed by atoms with Crippen LogP contribution in [0, 0.1) is 0 Å². The van der Waals surface area contributed by atoms with Crippen molar-refractivity contribution in [2.45, 2.75) is 146 Å². The van der Waals surface area contributed by atoms with Crippen LogP contribution in [0.1, 0.15) is 196 Å². The zero-order valence-electron chi connectivity index (χ0n) is 75.4. The van der Waals surface area contributed by atoms with Gasteiger partial charge in [-0.05, 0) is 193 Å². The van der Waals surface area contributed by atoms with Crippen LogP contribution in [0.3, 0.4) is 0 Å². The molecule has 8 aromatic carbocycles. The van der Waals surface area contributed by atoms with E-state index in [9.17, 15) is 110 Å². The number of Topliss-reactive ketones (excluding diaryl/α,β-unsaturated/α-hetero) is 4. The van der Waals surface area contributed by atoms with Crippen LogP contribution in [0.5, 0.6) is 23.0 Å². The van der Waals surface area contributed by atoms with Crippen LogP contribution in [0.25, 0.3) is 0 Å². The fraction of sp³-hybridized carbons (Fsp3) is 0.368. The number of β-amino-alcohol motifs (C(OH)–C–C–N with tert-alkyl or cyclic N) is 4. The molecule has 4 amide bonds. The maximum atomic E-state index is 13.2. The minimum atomic E-state index is -4.51. The molecular weight excluding hydrogens is 2110 g/mol. The van der Waals surface area contributed by atoms with Gasteiger partial charge in [0, 0.05) is 155 Å². The molecule has 4 unspecified atom stereocenters. The summed E-state index contributed by atoms with van der Waals surface area (Å²) >= 11 is 19.3. The summed E-state index contributed by atoms with van der Waals surface area (Å²) in [6.45, 7) is 8.81. The van der Waals surface area contributed by atoms with Gasteiger partial charge in [-0.2, -0.15) is 13.2 Å². The van der Waals surface area contributed by atoms with Gasteiger partial charge in [-0.15, -0.1) is 0 Å². The van der Waals surface area contributed by atoms with Gasteiger partial charge in [-0.3, -0.25) is 58.3 Å². The van der Waals surface area contributed by atoms with E-state index in [0.29, 0.717) is 120 Å². The fourth-order valence-corrected chi connectivity index (χ4v) is 17.2. The number of amides is 4. The van der Waals surface area contributed by atoms with E-state index in [1.807, 2.05) is 39.0 Å². The van der Waals surface area contributed by atoms with Gasteiger partial charge in [0.25, 0.3) is 36.5 Å². The lowest BCUT2D eigenvalue weighted by Crippen LogP contribution is -2.42. The van der Waals surface area contributed by atoms with E-state index in [0.717, 1.165) is 33.1 Å². The second-order valence-electron chi connectivity index (χ2n) is 32.8. The van der Waals surface area contributed by atoms with Crippen molar-refractivity contribution in [2.75, 3.05) is 99.8 Å². The van der Waals surface area contributed by atoms with Gasteiger partial charge in [0.2, 0.25) is 0 Å². The third kappa shape index (κ3) is 36.7. The number of phenols is 4. The lowest BCUT2D eigenvalue weighted by Gasteiger charge is -2.20. The Bertz CT molecular complexity index is 5640. The molecule has 8 atom stereocenters. The average molecular weight is 2220 g/mol. The van der Waals surface area contributed by atoms with E-state index < -0.39 is 78.6 Å². The van der Waals surface area contributed by atoms with Crippen LogP contribution >= 0.6 is 75.3 Å². The van der Waals surface area contributed by atoms with Crippen LogP contribution < -0.4 is 63.8 Å². The van der Waals surface area contributed by atoms with Crippen molar-refractivity contribution in [3.63, 3.8) is 0 Å². The number of phenolic OH excluding ortho intramolecular Hbond substituents is 4. The monoisotopic (exact) mass is 2210 g/mol. The average Bonchev–Trinajstić information content (AvgIpc) is 0.823. The van der Waals surface area contributed by atoms with E-state index in [1.54, 1.807) is 31.2 Å². The largest absolute Gasteiger partial charge is 0.508 e. The Balaban J connectivity index is 0.000000207. The van der Waals surface area contributed by atoms with Crippen LogP contribution in [0.2, 0.25) is 5.02 Å². The number of halogens is 12. The van der Waals surface area contributed by atoms with Gasteiger partial charge in [0.05, 0.1) is 82.3 Å². The van der Waals surface area contributed by atoms with E-state index in [-0.39, 0.29) is 178 Å². The molecule has 4 aliphatic heterocycles. The quantitative estimate of drug-likeness (QED) is 0.0167. The molecule has 746 valence electrons. The molecule has 32 nitrogen and oxygen atoms in total. The number of guanidine groups is 4. The number of carbonyl (C=O) groups excluding carboxylic acids is 8. The first-order chi connectivity index (χ1) is 65.9. The molecular formula is C95H106Br4ClF7N16O16. The fourth-order valence-electron chi connectivity index (χ4n) is 14.6. The zero-order chi connectivity index (χ0) is 101. The number of ketones is 4. The summed E-state index contributed by atoms with van der Waals surface area (Å²) in [4.78, 5) is 117. The summed E-state index contributed by atoms with van der Waals surface area (Å²) in [5.41, 5.74) is 3.68. The molecule has 44 heteroatoms. The Morgan fingerprint density at radius 1 is 0.353 bits per heavy atom. The number of carbonyl (C=O) groups is 8. The highest BCUT2D eigenvalue weighted by Crippen LogP contribution is 2.39. The molecule has 0 aliphatic carbocycles. The standard InChI is InChI=1S/C24H26BrF3N4O4.C24H27BrF2N4O4.C24H27ClF2N4O4.C23H26Br2N4O4/c1-2-13(14-3-16(24(26,27)28)8-17(25)4-14)6-20(34)10-29-22(36)15-5-18(9-19(33)7-15)32-23-30-11-21(35)12-31-23;2*1-2-13(14-3-15(22(26)27)5-17(25)4-14)7-20(33)10-28-23(35)16-6-18(9-19(32)8-16)31-24-29-11-21(34)12-30-24;1-2-13(14-3-16(24)8-17(25)4-14)6-20(31)10-26-22(33)15-5-18(9-19(30)7-15)29-23-27-11-21(32)12-28-23/h3-5,7-9,13,21,33,35H,2,6,10-12H2,1H3,(H,29,36)(H2,30,31,32);2*3-6,8-9,13,21-22,32,34H,2,7,10-12H2,1H3,(H,28,35)(H2,29,30,31);3-5,7-9,13,21,30,32H,2,6,10-12H2,1H3,(H,26,33)(H2,27,28,29)/t4*13-/m1111/s1. The van der Waals surface area contributed by atoms with Crippen molar-refractivity contribution in [3.05, 3.63) is 230 Å². The molecule has 4 heterocycles. The van der Waals surface area contributed by atoms with Gasteiger partial charge in [-0.1, -0.05) is 103 Å². The molecule has 0 aromatic heterocycles. The number of aliphatic imine (C=N–C) groups is 4. The van der Waals surface area contributed by atoms with Crippen molar-refractivity contribution in [3.8, 4) is 23.0 Å². The predicted molar refractivity (Wildman–Crippen MR) is 529 cm³/mol. The van der Waals surface area contributed by atoms with Crippen LogP contribution in [0.15, 0.2) is 183 Å². The number of anilines is 4. The zero-order valence-corrected chi connectivity index (χ0v) is 82.5. The topological polar surface area (TPSA) is 492 Å². The highest BCUT2D eigenvalue weighted by molar-refractivity contribution is 9.11. The minimum Gasteiger partial charge on any atom is -0.508 e. The molecule has 4 aliphatic rings. The molecule has 0 saturated heterocycles. The van der Waals surface area contributed by atoms with E-state index >= 15 is 0 Å². The number of nitrogens with zero attached hydrogens (tertiary/aromatic N) is 4. The maximum absolute atomic E-state index is 13.2. The number of aliphatic hydroxyl groups is 4. The van der Waals surface area contributed by atoms with Crippen molar-refractivity contribution in [1.82, 2.24) is 42.5 Å². The van der Waals surface area contributed by atoms with Crippen LogP contribution in [-0.2, 0) is 25.4 Å². The van der Waals surface area contributed by atoms with E-state index in [4.69, 9.17) is 11.6 Å². The van der Waals surface area contributed by atoms with Crippen molar-refractivity contribution in [2.24, 2.45) is 20.0 Å². The maximum Gasteiger partial charge on any atom is 0.416 e. The van der Waals surface area contributed by atoms with Gasteiger partial charge < -0.3 is 105 Å². The van der Waals surface area contributed by atoms with Gasteiger partial charge in [-0.25, -0.2) is 17.6 Å². The third-order valence-electron chi connectivity index (χ3n) is 21.7. The molecule has 0 spiro atoms. The lowest BCUT2D eigenvalue weighted by atomic mass is 9.90. The highest BCUT2D eigenvalue weighted by atomic mass is 79.9. The van der Waals surface area contributed by atoms with Crippen LogP contribution in [0.4, 0.5) is 53.5 Å². The van der Waals surface area contributed by atoms with E-state index in [1.165, 1.54) is 91.0 Å². The number of nitrogens with one attached hydrogen (secondary N) is 12. The molecule has 20 N–H and O–H groups in total. The third-order valence-corrected chi connectivity index (χ3v) is 23.7. The molecule has 0 saturated carbocycles. The van der Waals surface area contributed by atoms with Gasteiger partial charge in [0.15, 0.2) is 47.0 Å². The van der Waals surface area contributed by atoms with Gasteiger partial charge in [0.1, 0.15) is 23.0 Å². The number of benzene rings is 8. The van der Waals surface area contributed by atoms with Crippen molar-refractivity contribution < 1.29 is 110 Å². The number of alkyl halides is 7. The Labute approximate surface area is 834 Å². The summed E-state index contributed by atoms with van der Waals surface area (Å²) in [6.07, 6.45) is -9.39. The highest BCUT2D eigenvalue weighted by Gasteiger charge is 2.33. The Kier molecular flexibility index (Phi) is 42.7. The molecule has 0 fully saturated rings. The summed E-state index contributed by atoms with van der Waals surface area (Å²) in [5, 5.41) is 112. The number of aliphatic hydroxyl groups excluding tert-OH is 4. The molecule has 0 radical (unpaired) electrons. The summed E-state index contributed by atoms with van der Waals surface area (Å²) < 4.78 is 94.7. The second-order valence-corrected chi connectivity index (χ2v) is 36.9. The number of hydrogen-bond donors (Lipinski definition) is 20. The molecule has 12 rings (SSSR count). The summed E-state index contributed by atoms with van der Waals surface area (Å²) in [7, 11) is 0. The smallest absolute Gasteiger partial charge is 0.416 e. The summed E-state index contributed by atoms with van der Waals surface area (Å²) in [6, 6.07) is 34.9. The van der Waals surface area contributed by atoms with Crippen LogP contribution in [-0.4, -0.2) is 214 Å². The first kappa shape index (κ1) is 111. The van der Waals surface area contributed by atoms with E-state index in [2.05, 4.69) is 147 Å². The van der Waals surface area contributed by atoms with Crippen molar-refractivity contribution in [1.29, 1.82) is 0 Å². The number of aromatic hydroxyl groups is 4. The lowest BCUT2D eigenvalue weighted by molar-refractivity contribution is -0.137. The molecule has 139 heavy (non-hydrogen) atoms. The van der Waals surface area contributed by atoms with Crippen molar-refractivity contribution >= 4 is 169 Å². The number of hydrogen-bond acceptors (Lipinski definition) is 28.